The summed E-state index contributed by atoms with van der Waals surface area (Å²) in [6.45, 7) is 10.8. The van der Waals surface area contributed by atoms with Crippen molar-refractivity contribution in [3.8, 4) is 0 Å². The fourth-order valence-corrected chi connectivity index (χ4v) is 1.20. The molecule has 0 saturated carbocycles. The zero-order chi connectivity index (χ0) is 11.2. The molecule has 1 aliphatic rings. The molecule has 0 amide bonds. The van der Waals surface area contributed by atoms with Crippen molar-refractivity contribution in [1.29, 1.82) is 0 Å². The predicted molar refractivity (Wildman–Crippen MR) is 66.4 cm³/mol. The minimum absolute atomic E-state index is 0.955. The third-order valence-corrected chi connectivity index (χ3v) is 2.24. The summed E-state index contributed by atoms with van der Waals surface area (Å²) in [6, 6.07) is 0. The summed E-state index contributed by atoms with van der Waals surface area (Å²) in [4.78, 5) is 0. The standard InChI is InChI=1S/C8H18O.C4H10N2/c1-3-5-7-9-8-6-4-2;1-2-6-4-3-5-1/h3-8H2,1-2H3;5-6H,1-4H2. The number of hydrogen-bond donors (Lipinski definition) is 2. The first-order valence-electron chi connectivity index (χ1n) is 6.41. The third kappa shape index (κ3) is 13.9. The average Bonchev–Trinajstić information content (AvgIpc) is 2.32. The molecule has 15 heavy (non-hydrogen) atoms. The van der Waals surface area contributed by atoms with Crippen LogP contribution in [0, 0.1) is 0 Å². The summed E-state index contributed by atoms with van der Waals surface area (Å²) in [6.07, 6.45) is 4.91. The lowest BCUT2D eigenvalue weighted by molar-refractivity contribution is 0.128. The van der Waals surface area contributed by atoms with Gasteiger partial charge in [-0.2, -0.15) is 0 Å². The van der Waals surface area contributed by atoms with Crippen LogP contribution in [0.15, 0.2) is 0 Å². The van der Waals surface area contributed by atoms with Crippen LogP contribution in [0.2, 0.25) is 0 Å². The average molecular weight is 216 g/mol. The highest BCUT2D eigenvalue weighted by atomic mass is 16.5. The van der Waals surface area contributed by atoms with E-state index in [1.165, 1.54) is 25.7 Å². The lowest BCUT2D eigenvalue weighted by Crippen LogP contribution is -2.39. The second-order valence-electron chi connectivity index (χ2n) is 3.82. The predicted octanol–water partition coefficient (Wildman–Crippen LogP) is 1.78. The summed E-state index contributed by atoms with van der Waals surface area (Å²) in [5.74, 6) is 0. The van der Waals surface area contributed by atoms with Crippen molar-refractivity contribution in [2.75, 3.05) is 39.4 Å². The van der Waals surface area contributed by atoms with Crippen LogP contribution in [-0.4, -0.2) is 39.4 Å². The molecule has 0 aromatic heterocycles. The van der Waals surface area contributed by atoms with Gasteiger partial charge in [-0.1, -0.05) is 26.7 Å². The molecule has 3 heteroatoms. The highest BCUT2D eigenvalue weighted by molar-refractivity contribution is 4.59. The summed E-state index contributed by atoms with van der Waals surface area (Å²) in [7, 11) is 0. The second-order valence-corrected chi connectivity index (χ2v) is 3.82. The van der Waals surface area contributed by atoms with Gasteiger partial charge in [-0.25, -0.2) is 0 Å². The number of hydrogen-bond acceptors (Lipinski definition) is 3. The van der Waals surface area contributed by atoms with Gasteiger partial charge in [0, 0.05) is 39.4 Å². The maximum Gasteiger partial charge on any atom is 0.0465 e. The molecule has 1 rings (SSSR count). The molecule has 3 nitrogen and oxygen atoms in total. The number of rotatable bonds is 6. The topological polar surface area (TPSA) is 33.3 Å². The molecule has 0 unspecified atom stereocenters. The molecule has 92 valence electrons. The molecule has 1 saturated heterocycles. The van der Waals surface area contributed by atoms with Crippen molar-refractivity contribution in [2.24, 2.45) is 0 Å². The Morgan fingerprint density at radius 1 is 0.800 bits per heavy atom. The zero-order valence-corrected chi connectivity index (χ0v) is 10.5. The number of ether oxygens (including phenoxy) is 1. The van der Waals surface area contributed by atoms with Gasteiger partial charge in [0.15, 0.2) is 0 Å². The Hall–Kier alpha value is -0.120. The summed E-state index contributed by atoms with van der Waals surface area (Å²) in [5.41, 5.74) is 0. The quantitative estimate of drug-likeness (QED) is 0.664. The van der Waals surface area contributed by atoms with Gasteiger partial charge in [-0.05, 0) is 12.8 Å². The Morgan fingerprint density at radius 3 is 1.47 bits per heavy atom. The Labute approximate surface area is 95.0 Å². The largest absolute Gasteiger partial charge is 0.381 e. The molecular weight excluding hydrogens is 188 g/mol. The van der Waals surface area contributed by atoms with Gasteiger partial charge >= 0.3 is 0 Å². The van der Waals surface area contributed by atoms with Crippen LogP contribution in [0.3, 0.4) is 0 Å². The molecule has 0 atom stereocenters. The van der Waals surface area contributed by atoms with Crippen LogP contribution in [-0.2, 0) is 4.74 Å². The molecule has 1 heterocycles. The Morgan fingerprint density at radius 2 is 1.20 bits per heavy atom. The highest BCUT2D eigenvalue weighted by Crippen LogP contribution is 1.91. The van der Waals surface area contributed by atoms with Crippen molar-refractivity contribution in [3.63, 3.8) is 0 Å². The summed E-state index contributed by atoms with van der Waals surface area (Å²) < 4.78 is 5.31. The van der Waals surface area contributed by atoms with Crippen molar-refractivity contribution in [1.82, 2.24) is 10.6 Å². The minimum atomic E-state index is 0.955. The van der Waals surface area contributed by atoms with Crippen molar-refractivity contribution >= 4 is 0 Å². The summed E-state index contributed by atoms with van der Waals surface area (Å²) in [5, 5.41) is 6.44. The maximum atomic E-state index is 5.31. The molecule has 0 bridgehead atoms. The Kier molecular flexibility index (Phi) is 13.8. The molecule has 0 spiro atoms. The SMILES string of the molecule is C1CNCCN1.CCCCOCCCC. The van der Waals surface area contributed by atoms with E-state index >= 15 is 0 Å². The number of unbranched alkanes of at least 4 members (excludes halogenated alkanes) is 2. The molecule has 0 aliphatic carbocycles. The zero-order valence-electron chi connectivity index (χ0n) is 10.5. The molecular formula is C12H28N2O. The van der Waals surface area contributed by atoms with Crippen molar-refractivity contribution in [2.45, 2.75) is 39.5 Å². The van der Waals surface area contributed by atoms with Crippen LogP contribution in [0.25, 0.3) is 0 Å². The van der Waals surface area contributed by atoms with Gasteiger partial charge in [0.2, 0.25) is 0 Å². The molecule has 0 aromatic rings. The molecule has 1 fully saturated rings. The monoisotopic (exact) mass is 216 g/mol. The maximum absolute atomic E-state index is 5.31. The lowest BCUT2D eigenvalue weighted by Gasteiger charge is -2.11. The minimum Gasteiger partial charge on any atom is -0.381 e. The molecule has 0 radical (unpaired) electrons. The van der Waals surface area contributed by atoms with Crippen molar-refractivity contribution < 1.29 is 4.74 Å². The normalized spacial score (nSPS) is 15.6. The van der Waals surface area contributed by atoms with Crippen LogP contribution in [0.5, 0.6) is 0 Å². The van der Waals surface area contributed by atoms with Gasteiger partial charge in [0.05, 0.1) is 0 Å². The van der Waals surface area contributed by atoms with Crippen molar-refractivity contribution in [3.05, 3.63) is 0 Å². The van der Waals surface area contributed by atoms with E-state index in [1.807, 2.05) is 0 Å². The van der Waals surface area contributed by atoms with E-state index in [9.17, 15) is 0 Å². The smallest absolute Gasteiger partial charge is 0.0465 e. The van der Waals surface area contributed by atoms with Gasteiger partial charge in [0.25, 0.3) is 0 Å². The van der Waals surface area contributed by atoms with E-state index in [0.717, 1.165) is 39.4 Å². The molecule has 1 aliphatic heterocycles. The van der Waals surface area contributed by atoms with E-state index in [2.05, 4.69) is 24.5 Å². The summed E-state index contributed by atoms with van der Waals surface area (Å²) >= 11 is 0. The number of nitrogens with one attached hydrogen (secondary N) is 2. The molecule has 0 aromatic carbocycles. The Balaban J connectivity index is 0.000000280. The second kappa shape index (κ2) is 13.9. The fourth-order valence-electron chi connectivity index (χ4n) is 1.20. The van der Waals surface area contributed by atoms with E-state index in [4.69, 9.17) is 4.74 Å². The van der Waals surface area contributed by atoms with Gasteiger partial charge < -0.3 is 15.4 Å². The Bertz CT molecular complexity index is 88.3. The highest BCUT2D eigenvalue weighted by Gasteiger charge is 1.91. The van der Waals surface area contributed by atoms with E-state index in [0.29, 0.717) is 0 Å². The van der Waals surface area contributed by atoms with Crippen LogP contribution >= 0.6 is 0 Å². The van der Waals surface area contributed by atoms with Crippen LogP contribution in [0.4, 0.5) is 0 Å². The first-order chi connectivity index (χ1) is 7.41. The van der Waals surface area contributed by atoms with E-state index in [1.54, 1.807) is 0 Å². The van der Waals surface area contributed by atoms with Gasteiger partial charge in [-0.3, -0.25) is 0 Å². The fraction of sp³-hybridized carbons (Fsp3) is 1.00. The van der Waals surface area contributed by atoms with Gasteiger partial charge in [-0.15, -0.1) is 0 Å². The van der Waals surface area contributed by atoms with Crippen LogP contribution in [0.1, 0.15) is 39.5 Å². The number of piperazine rings is 1. The first-order valence-corrected chi connectivity index (χ1v) is 6.41. The van der Waals surface area contributed by atoms with Crippen LogP contribution < -0.4 is 10.6 Å². The lowest BCUT2D eigenvalue weighted by atomic mass is 10.3. The molecule has 2 N–H and O–H groups in total. The van der Waals surface area contributed by atoms with Gasteiger partial charge in [0.1, 0.15) is 0 Å². The van der Waals surface area contributed by atoms with E-state index in [-0.39, 0.29) is 0 Å². The first kappa shape index (κ1) is 14.9. The third-order valence-electron chi connectivity index (χ3n) is 2.24. The van der Waals surface area contributed by atoms with E-state index < -0.39 is 0 Å².